The van der Waals surface area contributed by atoms with Crippen LogP contribution in [0.25, 0.3) is 0 Å². The summed E-state index contributed by atoms with van der Waals surface area (Å²) in [5.74, 6) is 0.665. The molecule has 5 heteroatoms. The first-order valence-electron chi connectivity index (χ1n) is 7.30. The maximum absolute atomic E-state index is 12.3. The molecule has 0 bridgehead atoms. The summed E-state index contributed by atoms with van der Waals surface area (Å²) >= 11 is 3.41. The molecule has 0 spiro atoms. The van der Waals surface area contributed by atoms with E-state index in [1.54, 1.807) is 0 Å². The van der Waals surface area contributed by atoms with E-state index in [1.807, 2.05) is 0 Å². The van der Waals surface area contributed by atoms with Crippen LogP contribution in [0.4, 0.5) is 0 Å². The molecule has 1 saturated carbocycles. The Bertz CT molecular complexity index is 356. The molecule has 0 amide bonds. The van der Waals surface area contributed by atoms with Gasteiger partial charge in [0.2, 0.25) is 10.0 Å². The molecule has 3 nitrogen and oxygen atoms in total. The van der Waals surface area contributed by atoms with Crippen molar-refractivity contribution in [3.05, 3.63) is 0 Å². The second-order valence-corrected chi connectivity index (χ2v) is 9.39. The Morgan fingerprint density at radius 1 is 1.21 bits per heavy atom. The summed E-state index contributed by atoms with van der Waals surface area (Å²) in [7, 11) is -3.16. The van der Waals surface area contributed by atoms with E-state index in [9.17, 15) is 8.42 Å². The third-order valence-corrected chi connectivity index (χ3v) is 5.96. The van der Waals surface area contributed by atoms with Crippen molar-refractivity contribution in [3.63, 3.8) is 0 Å². The molecular formula is C14H28BrNO2S. The Balaban J connectivity index is 2.60. The van der Waals surface area contributed by atoms with E-state index in [2.05, 4.69) is 41.4 Å². The van der Waals surface area contributed by atoms with Crippen molar-refractivity contribution in [2.45, 2.75) is 65.3 Å². The largest absolute Gasteiger partial charge is 0.212 e. The predicted molar refractivity (Wildman–Crippen MR) is 85.2 cm³/mol. The van der Waals surface area contributed by atoms with E-state index in [1.165, 1.54) is 19.3 Å². The van der Waals surface area contributed by atoms with Gasteiger partial charge in [-0.3, -0.25) is 0 Å². The molecule has 19 heavy (non-hydrogen) atoms. The quantitative estimate of drug-likeness (QED) is 0.740. The minimum absolute atomic E-state index is 0.000431. The lowest BCUT2D eigenvalue weighted by molar-refractivity contribution is 0.292. The van der Waals surface area contributed by atoms with Gasteiger partial charge < -0.3 is 0 Å². The summed E-state index contributed by atoms with van der Waals surface area (Å²) in [6, 6.07) is 0.000431. The first kappa shape index (κ1) is 17.4. The number of alkyl halides is 1. The minimum Gasteiger partial charge on any atom is -0.212 e. The summed E-state index contributed by atoms with van der Waals surface area (Å²) in [5.41, 5.74) is -0.0482. The fourth-order valence-electron chi connectivity index (χ4n) is 2.71. The van der Waals surface area contributed by atoms with Crippen LogP contribution in [0.1, 0.15) is 59.3 Å². The topological polar surface area (TPSA) is 46.2 Å². The van der Waals surface area contributed by atoms with Crippen LogP contribution in [0.2, 0.25) is 0 Å². The molecule has 0 aromatic heterocycles. The van der Waals surface area contributed by atoms with Crippen molar-refractivity contribution >= 4 is 26.0 Å². The SMILES string of the molecule is CC(C)(C)C(CCBr)NS(=O)(=O)CC1CCCCC1. The molecule has 0 radical (unpaired) electrons. The predicted octanol–water partition coefficient (Wildman–Crippen LogP) is 3.69. The highest BCUT2D eigenvalue weighted by Gasteiger charge is 2.30. The monoisotopic (exact) mass is 353 g/mol. The summed E-state index contributed by atoms with van der Waals surface area (Å²) in [4.78, 5) is 0. The van der Waals surface area contributed by atoms with E-state index in [0.717, 1.165) is 24.6 Å². The molecule has 1 N–H and O–H groups in total. The van der Waals surface area contributed by atoms with Gasteiger partial charge in [0.25, 0.3) is 0 Å². The lowest BCUT2D eigenvalue weighted by Gasteiger charge is -2.32. The highest BCUT2D eigenvalue weighted by atomic mass is 79.9. The van der Waals surface area contributed by atoms with Gasteiger partial charge in [-0.15, -0.1) is 0 Å². The molecule has 0 saturated heterocycles. The van der Waals surface area contributed by atoms with E-state index >= 15 is 0 Å². The Hall–Kier alpha value is 0.390. The molecule has 114 valence electrons. The van der Waals surface area contributed by atoms with Gasteiger partial charge in [0.1, 0.15) is 0 Å². The van der Waals surface area contributed by atoms with Crippen LogP contribution in [0.3, 0.4) is 0 Å². The normalized spacial score (nSPS) is 20.4. The fourth-order valence-corrected chi connectivity index (χ4v) is 5.12. The zero-order valence-corrected chi connectivity index (χ0v) is 14.8. The lowest BCUT2D eigenvalue weighted by Crippen LogP contribution is -2.45. The number of sulfonamides is 1. The zero-order valence-electron chi connectivity index (χ0n) is 12.4. The molecule has 1 aliphatic rings. The van der Waals surface area contributed by atoms with Crippen molar-refractivity contribution in [1.29, 1.82) is 0 Å². The van der Waals surface area contributed by atoms with Crippen molar-refractivity contribution in [2.24, 2.45) is 11.3 Å². The molecule has 1 fully saturated rings. The molecule has 0 aromatic rings. The molecule has 1 unspecified atom stereocenters. The van der Waals surface area contributed by atoms with Crippen molar-refractivity contribution in [2.75, 3.05) is 11.1 Å². The summed E-state index contributed by atoms with van der Waals surface area (Å²) in [6.45, 7) is 6.26. The van der Waals surface area contributed by atoms with Crippen LogP contribution in [0, 0.1) is 11.3 Å². The van der Waals surface area contributed by atoms with Gasteiger partial charge in [0, 0.05) is 11.4 Å². The first-order valence-corrected chi connectivity index (χ1v) is 10.1. The zero-order chi connectivity index (χ0) is 14.5. The number of hydrogen-bond donors (Lipinski definition) is 1. The second-order valence-electron chi connectivity index (χ2n) is 6.80. The van der Waals surface area contributed by atoms with Gasteiger partial charge in [-0.05, 0) is 30.6 Å². The van der Waals surface area contributed by atoms with E-state index in [0.29, 0.717) is 11.7 Å². The molecule has 0 aromatic carbocycles. The molecule has 1 atom stereocenters. The lowest BCUT2D eigenvalue weighted by atomic mass is 9.86. The van der Waals surface area contributed by atoms with Crippen LogP contribution in [0.15, 0.2) is 0 Å². The summed E-state index contributed by atoms with van der Waals surface area (Å²) in [5, 5.41) is 0.820. The number of halogens is 1. The van der Waals surface area contributed by atoms with Crippen molar-refractivity contribution in [1.82, 2.24) is 4.72 Å². The van der Waals surface area contributed by atoms with E-state index in [-0.39, 0.29) is 11.5 Å². The Morgan fingerprint density at radius 3 is 2.26 bits per heavy atom. The molecule has 0 heterocycles. The van der Waals surface area contributed by atoms with Crippen molar-refractivity contribution < 1.29 is 8.42 Å². The van der Waals surface area contributed by atoms with Gasteiger partial charge in [-0.1, -0.05) is 56.0 Å². The van der Waals surface area contributed by atoms with Crippen LogP contribution in [-0.2, 0) is 10.0 Å². The van der Waals surface area contributed by atoms with Crippen LogP contribution >= 0.6 is 15.9 Å². The van der Waals surface area contributed by atoms with Gasteiger partial charge in [-0.2, -0.15) is 0 Å². The van der Waals surface area contributed by atoms with Crippen molar-refractivity contribution in [3.8, 4) is 0 Å². The number of nitrogens with one attached hydrogen (secondary N) is 1. The third kappa shape index (κ3) is 6.58. The van der Waals surface area contributed by atoms with Gasteiger partial charge >= 0.3 is 0 Å². The van der Waals surface area contributed by atoms with Gasteiger partial charge in [0.05, 0.1) is 5.75 Å². The minimum atomic E-state index is -3.16. The molecular weight excluding hydrogens is 326 g/mol. The second kappa shape index (κ2) is 7.41. The maximum atomic E-state index is 12.3. The average molecular weight is 354 g/mol. The Morgan fingerprint density at radius 2 is 1.79 bits per heavy atom. The fraction of sp³-hybridized carbons (Fsp3) is 1.00. The summed E-state index contributed by atoms with van der Waals surface area (Å²) < 4.78 is 27.5. The van der Waals surface area contributed by atoms with Gasteiger partial charge in [0.15, 0.2) is 0 Å². The van der Waals surface area contributed by atoms with Gasteiger partial charge in [-0.25, -0.2) is 13.1 Å². The van der Waals surface area contributed by atoms with Crippen LogP contribution < -0.4 is 4.72 Å². The average Bonchev–Trinajstić information content (AvgIpc) is 2.27. The smallest absolute Gasteiger partial charge is 0.212 e. The highest BCUT2D eigenvalue weighted by molar-refractivity contribution is 9.09. The highest BCUT2D eigenvalue weighted by Crippen LogP contribution is 2.27. The summed E-state index contributed by atoms with van der Waals surface area (Å²) in [6.07, 6.45) is 6.60. The Labute approximate surface area is 127 Å². The van der Waals surface area contributed by atoms with Crippen LogP contribution in [-0.4, -0.2) is 25.5 Å². The molecule has 1 rings (SSSR count). The first-order chi connectivity index (χ1) is 8.74. The molecule has 0 aliphatic heterocycles. The standard InChI is InChI=1S/C14H28BrNO2S/c1-14(2,3)13(9-10-15)16-19(17,18)11-12-7-5-4-6-8-12/h12-13,16H,4-11H2,1-3H3. The Kier molecular flexibility index (Phi) is 6.81. The number of hydrogen-bond acceptors (Lipinski definition) is 2. The number of rotatable bonds is 6. The maximum Gasteiger partial charge on any atom is 0.212 e. The third-order valence-electron chi connectivity index (χ3n) is 3.94. The van der Waals surface area contributed by atoms with Crippen LogP contribution in [0.5, 0.6) is 0 Å². The van der Waals surface area contributed by atoms with E-state index in [4.69, 9.17) is 0 Å². The molecule has 1 aliphatic carbocycles. The van der Waals surface area contributed by atoms with E-state index < -0.39 is 10.0 Å².